The number of hydrogen-bond acceptors (Lipinski definition) is 4. The predicted molar refractivity (Wildman–Crippen MR) is 106 cm³/mol. The molecule has 4 nitrogen and oxygen atoms in total. The molecule has 0 saturated carbocycles. The van der Waals surface area contributed by atoms with Crippen molar-refractivity contribution in [3.05, 3.63) is 79.3 Å². The van der Waals surface area contributed by atoms with Crippen LogP contribution in [0.25, 0.3) is 0 Å². The summed E-state index contributed by atoms with van der Waals surface area (Å²) in [5.41, 5.74) is 1.29. The Morgan fingerprint density at radius 1 is 0.852 bits per heavy atom. The highest BCUT2D eigenvalue weighted by Crippen LogP contribution is 2.23. The summed E-state index contributed by atoms with van der Waals surface area (Å²) >= 11 is 23.6. The Labute approximate surface area is 176 Å². The largest absolute Gasteiger partial charge is 0.458 e. The van der Waals surface area contributed by atoms with Crippen LogP contribution in [0.1, 0.15) is 18.1 Å². The summed E-state index contributed by atoms with van der Waals surface area (Å²) in [6.45, 7) is 1.35. The number of carbonyl (C=O) groups excluding carboxylic acids is 2. The molecule has 0 aliphatic rings. The Morgan fingerprint density at radius 2 is 1.33 bits per heavy atom. The molecule has 8 heteroatoms. The van der Waals surface area contributed by atoms with Gasteiger partial charge in [-0.1, -0.05) is 58.5 Å². The molecule has 0 radical (unpaired) electrons. The van der Waals surface area contributed by atoms with E-state index >= 15 is 0 Å². The van der Waals surface area contributed by atoms with Crippen molar-refractivity contribution in [1.82, 2.24) is 0 Å². The first kappa shape index (κ1) is 21.6. The standard InChI is InChI=1S/C19H14Cl4O4/c1-11(19(25)27-10-13-3-5-15(21)8-17(13)23)6-18(24)26-9-12-2-4-14(20)7-16(12)22/h2-8H,9-10H2,1H3. The molecule has 0 atom stereocenters. The second-order valence-corrected chi connectivity index (χ2v) is 7.17. The van der Waals surface area contributed by atoms with Gasteiger partial charge in [-0.15, -0.1) is 0 Å². The lowest BCUT2D eigenvalue weighted by molar-refractivity contribution is -0.142. The zero-order valence-electron chi connectivity index (χ0n) is 14.1. The van der Waals surface area contributed by atoms with Crippen molar-refractivity contribution in [3.63, 3.8) is 0 Å². The Bertz CT molecular complexity index is 893. The van der Waals surface area contributed by atoms with Gasteiger partial charge in [0.1, 0.15) is 13.2 Å². The summed E-state index contributed by atoms with van der Waals surface area (Å²) in [6, 6.07) is 9.68. The predicted octanol–water partition coefficient (Wildman–Crippen LogP) is 6.03. The summed E-state index contributed by atoms with van der Waals surface area (Å²) in [4.78, 5) is 23.9. The highest BCUT2D eigenvalue weighted by molar-refractivity contribution is 6.35. The third-order valence-corrected chi connectivity index (χ3v) is 4.59. The van der Waals surface area contributed by atoms with Crippen LogP contribution in [0.4, 0.5) is 0 Å². The van der Waals surface area contributed by atoms with E-state index in [1.54, 1.807) is 36.4 Å². The monoisotopic (exact) mass is 446 g/mol. The van der Waals surface area contributed by atoms with Gasteiger partial charge >= 0.3 is 11.9 Å². The molecule has 0 aromatic heterocycles. The van der Waals surface area contributed by atoms with Gasteiger partial charge in [-0.05, 0) is 31.2 Å². The van der Waals surface area contributed by atoms with Gasteiger partial charge in [-0.2, -0.15) is 0 Å². The molecule has 0 spiro atoms. The molecule has 0 amide bonds. The molecule has 142 valence electrons. The van der Waals surface area contributed by atoms with Gasteiger partial charge in [-0.25, -0.2) is 9.59 Å². The Balaban J connectivity index is 1.89. The number of hydrogen-bond donors (Lipinski definition) is 0. The lowest BCUT2D eigenvalue weighted by Crippen LogP contribution is -2.09. The number of rotatable bonds is 6. The van der Waals surface area contributed by atoms with Gasteiger partial charge < -0.3 is 9.47 Å². The lowest BCUT2D eigenvalue weighted by atomic mass is 10.2. The highest BCUT2D eigenvalue weighted by Gasteiger charge is 2.11. The molecular weight excluding hydrogens is 434 g/mol. The zero-order chi connectivity index (χ0) is 20.0. The smallest absolute Gasteiger partial charge is 0.334 e. The maximum atomic E-state index is 12.0. The summed E-state index contributed by atoms with van der Waals surface area (Å²) in [7, 11) is 0. The van der Waals surface area contributed by atoms with Crippen molar-refractivity contribution in [3.8, 4) is 0 Å². The van der Waals surface area contributed by atoms with Gasteiger partial charge in [0.25, 0.3) is 0 Å². The van der Waals surface area contributed by atoms with Crippen molar-refractivity contribution < 1.29 is 19.1 Å². The molecule has 27 heavy (non-hydrogen) atoms. The van der Waals surface area contributed by atoms with E-state index in [9.17, 15) is 9.59 Å². The minimum atomic E-state index is -0.694. The minimum Gasteiger partial charge on any atom is -0.458 e. The summed E-state index contributed by atoms with van der Waals surface area (Å²) in [5, 5.41) is 1.73. The van der Waals surface area contributed by atoms with Gasteiger partial charge in [0.15, 0.2) is 0 Å². The molecule has 2 aromatic carbocycles. The first-order chi connectivity index (χ1) is 12.8. The molecule has 0 bridgehead atoms. The molecule has 0 aliphatic carbocycles. The Morgan fingerprint density at radius 3 is 1.81 bits per heavy atom. The summed E-state index contributed by atoms with van der Waals surface area (Å²) in [5.74, 6) is -1.36. The van der Waals surface area contributed by atoms with Crippen molar-refractivity contribution >= 4 is 58.3 Å². The molecule has 0 unspecified atom stereocenters. The molecule has 2 aromatic rings. The quantitative estimate of drug-likeness (QED) is 0.400. The third-order valence-electron chi connectivity index (χ3n) is 3.42. The lowest BCUT2D eigenvalue weighted by Gasteiger charge is -2.08. The third kappa shape index (κ3) is 6.74. The number of halogens is 4. The topological polar surface area (TPSA) is 52.6 Å². The fourth-order valence-electron chi connectivity index (χ4n) is 1.96. The van der Waals surface area contributed by atoms with E-state index in [2.05, 4.69) is 0 Å². The second kappa shape index (κ2) is 10.00. The van der Waals surface area contributed by atoms with Crippen LogP contribution in [0.3, 0.4) is 0 Å². The van der Waals surface area contributed by atoms with Crippen LogP contribution in [0, 0.1) is 0 Å². The average molecular weight is 448 g/mol. The maximum absolute atomic E-state index is 12.0. The Hall–Kier alpha value is -1.72. The van der Waals surface area contributed by atoms with Crippen molar-refractivity contribution in [2.24, 2.45) is 0 Å². The van der Waals surface area contributed by atoms with E-state index in [4.69, 9.17) is 55.9 Å². The van der Waals surface area contributed by atoms with Crippen LogP contribution in [-0.4, -0.2) is 11.9 Å². The second-order valence-electron chi connectivity index (χ2n) is 5.48. The van der Waals surface area contributed by atoms with E-state index < -0.39 is 11.9 Å². The summed E-state index contributed by atoms with van der Waals surface area (Å²) in [6.07, 6.45) is 1.05. The number of benzene rings is 2. The number of carbonyl (C=O) groups is 2. The normalized spacial score (nSPS) is 11.2. The van der Waals surface area contributed by atoms with Crippen LogP contribution in [-0.2, 0) is 32.3 Å². The molecule has 0 N–H and O–H groups in total. The van der Waals surface area contributed by atoms with E-state index in [1.807, 2.05) is 0 Å². The molecular formula is C19H14Cl4O4. The zero-order valence-corrected chi connectivity index (χ0v) is 17.1. The van der Waals surface area contributed by atoms with E-state index in [0.29, 0.717) is 31.2 Å². The van der Waals surface area contributed by atoms with Crippen molar-refractivity contribution in [1.29, 1.82) is 0 Å². The van der Waals surface area contributed by atoms with Crippen LogP contribution < -0.4 is 0 Å². The number of ether oxygens (including phenoxy) is 2. The molecule has 0 saturated heterocycles. The fraction of sp³-hybridized carbons (Fsp3) is 0.158. The highest BCUT2D eigenvalue weighted by atomic mass is 35.5. The number of esters is 2. The minimum absolute atomic E-state index is 0.0462. The van der Waals surface area contributed by atoms with Crippen LogP contribution in [0.5, 0.6) is 0 Å². The summed E-state index contributed by atoms with van der Waals surface area (Å²) < 4.78 is 10.2. The van der Waals surface area contributed by atoms with Crippen LogP contribution in [0.2, 0.25) is 20.1 Å². The Kier molecular flexibility index (Phi) is 7.99. The average Bonchev–Trinajstić information content (AvgIpc) is 2.60. The van der Waals surface area contributed by atoms with Crippen molar-refractivity contribution in [2.45, 2.75) is 20.1 Å². The first-order valence-corrected chi connectivity index (χ1v) is 9.17. The molecule has 2 rings (SSSR count). The van der Waals surface area contributed by atoms with E-state index in [1.165, 1.54) is 6.92 Å². The van der Waals surface area contributed by atoms with E-state index in [-0.39, 0.29) is 18.8 Å². The SMILES string of the molecule is CC(=CC(=O)OCc1ccc(Cl)cc1Cl)C(=O)OCc1ccc(Cl)cc1Cl. The van der Waals surface area contributed by atoms with Gasteiger partial charge in [-0.3, -0.25) is 0 Å². The molecule has 0 aliphatic heterocycles. The molecule has 0 heterocycles. The van der Waals surface area contributed by atoms with Crippen LogP contribution in [0.15, 0.2) is 48.0 Å². The van der Waals surface area contributed by atoms with Crippen LogP contribution >= 0.6 is 46.4 Å². The van der Waals surface area contributed by atoms with Gasteiger partial charge in [0, 0.05) is 42.9 Å². The first-order valence-electron chi connectivity index (χ1n) is 7.66. The maximum Gasteiger partial charge on any atom is 0.334 e. The fourth-order valence-corrected chi connectivity index (χ4v) is 2.89. The van der Waals surface area contributed by atoms with Gasteiger partial charge in [0.05, 0.1) is 0 Å². The molecule has 0 fully saturated rings. The van der Waals surface area contributed by atoms with E-state index in [0.717, 1.165) is 6.08 Å². The van der Waals surface area contributed by atoms with Crippen molar-refractivity contribution in [2.75, 3.05) is 0 Å². The van der Waals surface area contributed by atoms with Gasteiger partial charge in [0.2, 0.25) is 0 Å².